The summed E-state index contributed by atoms with van der Waals surface area (Å²) in [6.45, 7) is 5.57. The van der Waals surface area contributed by atoms with Crippen LogP contribution in [0.15, 0.2) is 23.1 Å². The van der Waals surface area contributed by atoms with Gasteiger partial charge in [0, 0.05) is 19.0 Å². The highest BCUT2D eigenvalue weighted by atomic mass is 32.2. The van der Waals surface area contributed by atoms with Crippen LogP contribution in [0.5, 0.6) is 0 Å². The minimum Gasteiger partial charge on any atom is -0.398 e. The SMILES string of the molecule is Cc1ccc(S(=O)(=O)N(CCC#N)C(C)C)c(N)c1. The van der Waals surface area contributed by atoms with Crippen LogP contribution in [0, 0.1) is 18.3 Å². The second kappa shape index (κ2) is 6.04. The standard InChI is InChI=1S/C13H19N3O2S/c1-10(2)16(8-4-7-14)19(17,18)13-6-5-11(3)9-12(13)15/h5-6,9-10H,4,8,15H2,1-3H3. The Hall–Kier alpha value is -1.58. The molecule has 0 spiro atoms. The Morgan fingerprint density at radius 3 is 2.53 bits per heavy atom. The molecular weight excluding hydrogens is 262 g/mol. The average molecular weight is 281 g/mol. The third-order valence-electron chi connectivity index (χ3n) is 2.77. The van der Waals surface area contributed by atoms with Crippen molar-refractivity contribution in [2.45, 2.75) is 38.1 Å². The molecule has 0 saturated heterocycles. The zero-order chi connectivity index (χ0) is 14.6. The molecule has 0 heterocycles. The van der Waals surface area contributed by atoms with Gasteiger partial charge in [0.1, 0.15) is 4.90 Å². The number of nitrogens with two attached hydrogens (primary N) is 1. The van der Waals surface area contributed by atoms with E-state index in [9.17, 15) is 8.42 Å². The predicted molar refractivity (Wildman–Crippen MR) is 74.8 cm³/mol. The summed E-state index contributed by atoms with van der Waals surface area (Å²) >= 11 is 0. The number of hydrogen-bond acceptors (Lipinski definition) is 4. The highest BCUT2D eigenvalue weighted by molar-refractivity contribution is 7.89. The zero-order valence-corrected chi connectivity index (χ0v) is 12.2. The van der Waals surface area contributed by atoms with Crippen LogP contribution >= 0.6 is 0 Å². The van der Waals surface area contributed by atoms with Crippen molar-refractivity contribution in [2.75, 3.05) is 12.3 Å². The number of nitrogen functional groups attached to an aromatic ring is 1. The lowest BCUT2D eigenvalue weighted by Gasteiger charge is -2.25. The number of nitrogens with zero attached hydrogens (tertiary/aromatic N) is 2. The van der Waals surface area contributed by atoms with Gasteiger partial charge in [0.15, 0.2) is 0 Å². The van der Waals surface area contributed by atoms with Crippen LogP contribution in [0.1, 0.15) is 25.8 Å². The topological polar surface area (TPSA) is 87.2 Å². The molecule has 1 aromatic rings. The first-order valence-electron chi connectivity index (χ1n) is 6.05. The van der Waals surface area contributed by atoms with Gasteiger partial charge in [-0.15, -0.1) is 0 Å². The summed E-state index contributed by atoms with van der Waals surface area (Å²) in [6, 6.07) is 6.60. The molecular formula is C13H19N3O2S. The van der Waals surface area contributed by atoms with Crippen LogP contribution in [0.4, 0.5) is 5.69 Å². The molecule has 104 valence electrons. The van der Waals surface area contributed by atoms with Gasteiger partial charge in [0.2, 0.25) is 10.0 Å². The van der Waals surface area contributed by atoms with E-state index in [2.05, 4.69) is 0 Å². The molecule has 1 aromatic carbocycles. The van der Waals surface area contributed by atoms with Crippen molar-refractivity contribution in [1.29, 1.82) is 5.26 Å². The second-order valence-corrected chi connectivity index (χ2v) is 6.52. The summed E-state index contributed by atoms with van der Waals surface area (Å²) in [7, 11) is -3.66. The molecule has 2 N–H and O–H groups in total. The van der Waals surface area contributed by atoms with Crippen molar-refractivity contribution in [3.8, 4) is 6.07 Å². The minimum absolute atomic E-state index is 0.102. The van der Waals surface area contributed by atoms with E-state index < -0.39 is 10.0 Å². The van der Waals surface area contributed by atoms with Crippen LogP contribution in [-0.2, 0) is 10.0 Å². The average Bonchev–Trinajstić information content (AvgIpc) is 2.27. The Morgan fingerprint density at radius 2 is 2.05 bits per heavy atom. The maximum Gasteiger partial charge on any atom is 0.245 e. The zero-order valence-electron chi connectivity index (χ0n) is 11.4. The Bertz CT molecular complexity index is 588. The molecule has 1 rings (SSSR count). The highest BCUT2D eigenvalue weighted by Gasteiger charge is 2.28. The van der Waals surface area contributed by atoms with Crippen molar-refractivity contribution in [3.63, 3.8) is 0 Å². The van der Waals surface area contributed by atoms with Crippen LogP contribution in [0.25, 0.3) is 0 Å². The number of hydrogen-bond donors (Lipinski definition) is 1. The van der Waals surface area contributed by atoms with E-state index in [1.54, 1.807) is 26.0 Å². The molecule has 0 aliphatic carbocycles. The van der Waals surface area contributed by atoms with Crippen molar-refractivity contribution in [2.24, 2.45) is 0 Å². The molecule has 0 radical (unpaired) electrons. The van der Waals surface area contributed by atoms with Crippen LogP contribution in [0.2, 0.25) is 0 Å². The smallest absolute Gasteiger partial charge is 0.245 e. The van der Waals surface area contributed by atoms with E-state index in [1.165, 1.54) is 10.4 Å². The molecule has 0 aromatic heterocycles. The van der Waals surface area contributed by atoms with E-state index in [4.69, 9.17) is 11.0 Å². The predicted octanol–water partition coefficient (Wildman–Crippen LogP) is 1.89. The molecule has 0 bridgehead atoms. The lowest BCUT2D eigenvalue weighted by Crippen LogP contribution is -2.37. The molecule has 0 aliphatic heterocycles. The minimum atomic E-state index is -3.66. The summed E-state index contributed by atoms with van der Waals surface area (Å²) in [4.78, 5) is 0.102. The Labute approximate surface area is 114 Å². The van der Waals surface area contributed by atoms with Crippen molar-refractivity contribution >= 4 is 15.7 Å². The Balaban J connectivity index is 3.23. The van der Waals surface area contributed by atoms with E-state index in [1.807, 2.05) is 13.0 Å². The number of sulfonamides is 1. The fourth-order valence-electron chi connectivity index (χ4n) is 1.85. The molecule has 0 amide bonds. The molecule has 5 nitrogen and oxygen atoms in total. The van der Waals surface area contributed by atoms with Gasteiger partial charge < -0.3 is 5.73 Å². The van der Waals surface area contributed by atoms with Gasteiger partial charge in [-0.05, 0) is 38.5 Å². The van der Waals surface area contributed by atoms with Gasteiger partial charge in [0.25, 0.3) is 0 Å². The van der Waals surface area contributed by atoms with Crippen LogP contribution < -0.4 is 5.73 Å². The van der Waals surface area contributed by atoms with Gasteiger partial charge in [-0.2, -0.15) is 9.57 Å². The molecule has 0 aliphatic rings. The molecule has 0 fully saturated rings. The first kappa shape index (κ1) is 15.5. The van der Waals surface area contributed by atoms with Gasteiger partial charge in [-0.3, -0.25) is 0 Å². The van der Waals surface area contributed by atoms with E-state index in [0.717, 1.165) is 5.56 Å². The highest BCUT2D eigenvalue weighted by Crippen LogP contribution is 2.24. The van der Waals surface area contributed by atoms with Crippen molar-refractivity contribution in [1.82, 2.24) is 4.31 Å². The summed E-state index contributed by atoms with van der Waals surface area (Å²) in [6.07, 6.45) is 0.156. The van der Waals surface area contributed by atoms with Gasteiger partial charge in [0.05, 0.1) is 11.8 Å². The third-order valence-corrected chi connectivity index (χ3v) is 4.92. The first-order chi connectivity index (χ1) is 8.80. The number of benzene rings is 1. The van der Waals surface area contributed by atoms with Crippen LogP contribution in [-0.4, -0.2) is 25.3 Å². The summed E-state index contributed by atoms with van der Waals surface area (Å²) in [5.41, 5.74) is 6.95. The monoisotopic (exact) mass is 281 g/mol. The fourth-order valence-corrected chi connectivity index (χ4v) is 3.58. The molecule has 0 saturated carbocycles. The van der Waals surface area contributed by atoms with E-state index in [0.29, 0.717) is 0 Å². The van der Waals surface area contributed by atoms with E-state index >= 15 is 0 Å². The summed E-state index contributed by atoms with van der Waals surface area (Å²) in [5, 5.41) is 8.63. The van der Waals surface area contributed by atoms with Crippen LogP contribution in [0.3, 0.4) is 0 Å². The fraction of sp³-hybridized carbons (Fsp3) is 0.462. The maximum atomic E-state index is 12.5. The molecule has 0 unspecified atom stereocenters. The lowest BCUT2D eigenvalue weighted by atomic mass is 10.2. The second-order valence-electron chi connectivity index (χ2n) is 4.66. The quantitative estimate of drug-likeness (QED) is 0.835. The van der Waals surface area contributed by atoms with Crippen molar-refractivity contribution < 1.29 is 8.42 Å². The molecule has 6 heteroatoms. The number of nitriles is 1. The third kappa shape index (κ3) is 3.46. The number of rotatable bonds is 5. The van der Waals surface area contributed by atoms with Gasteiger partial charge >= 0.3 is 0 Å². The maximum absolute atomic E-state index is 12.5. The number of anilines is 1. The van der Waals surface area contributed by atoms with Gasteiger partial charge in [-0.1, -0.05) is 6.07 Å². The first-order valence-corrected chi connectivity index (χ1v) is 7.49. The van der Waals surface area contributed by atoms with Crippen molar-refractivity contribution in [3.05, 3.63) is 23.8 Å². The Kier molecular flexibility index (Phi) is 4.92. The Morgan fingerprint density at radius 1 is 1.42 bits per heavy atom. The summed E-state index contributed by atoms with van der Waals surface area (Å²) in [5.74, 6) is 0. The normalized spacial score (nSPS) is 11.8. The largest absolute Gasteiger partial charge is 0.398 e. The van der Waals surface area contributed by atoms with E-state index in [-0.39, 0.29) is 29.6 Å². The molecule has 19 heavy (non-hydrogen) atoms. The van der Waals surface area contributed by atoms with Gasteiger partial charge in [-0.25, -0.2) is 8.42 Å². The lowest BCUT2D eigenvalue weighted by molar-refractivity contribution is 0.360. The molecule has 0 atom stereocenters. The summed E-state index contributed by atoms with van der Waals surface area (Å²) < 4.78 is 26.4. The number of aryl methyl sites for hydroxylation is 1.